The zero-order chi connectivity index (χ0) is 12.2. The molecule has 1 heterocycles. The molecule has 0 aliphatic rings. The van der Waals surface area contributed by atoms with E-state index in [4.69, 9.17) is 10.5 Å². The van der Waals surface area contributed by atoms with E-state index in [1.165, 1.54) is 0 Å². The van der Waals surface area contributed by atoms with Gasteiger partial charge in [0.15, 0.2) is 0 Å². The molecule has 2 N–H and O–H groups in total. The van der Waals surface area contributed by atoms with Gasteiger partial charge in [0.1, 0.15) is 5.60 Å². The Labute approximate surface area is 95.8 Å². The summed E-state index contributed by atoms with van der Waals surface area (Å²) >= 11 is 0. The molecule has 0 radical (unpaired) electrons. The van der Waals surface area contributed by atoms with Crippen LogP contribution in [-0.4, -0.2) is 16.6 Å². The zero-order valence-corrected chi connectivity index (χ0v) is 9.93. The molecule has 0 saturated heterocycles. The van der Waals surface area contributed by atoms with Crippen molar-refractivity contribution in [2.45, 2.75) is 38.8 Å². The van der Waals surface area contributed by atoms with Crippen molar-refractivity contribution in [3.05, 3.63) is 30.1 Å². The number of carbonyl (C=O) groups is 1. The van der Waals surface area contributed by atoms with Crippen molar-refractivity contribution in [3.63, 3.8) is 0 Å². The maximum atomic E-state index is 11.5. The summed E-state index contributed by atoms with van der Waals surface area (Å²) in [5, 5.41) is 0. The Morgan fingerprint density at radius 1 is 1.50 bits per heavy atom. The topological polar surface area (TPSA) is 65.2 Å². The molecule has 1 rings (SSSR count). The molecule has 0 unspecified atom stereocenters. The Kier molecular flexibility index (Phi) is 4.01. The van der Waals surface area contributed by atoms with E-state index in [0.29, 0.717) is 5.69 Å². The number of hydrogen-bond donors (Lipinski definition) is 1. The third-order valence-corrected chi connectivity index (χ3v) is 1.87. The lowest BCUT2D eigenvalue weighted by molar-refractivity contribution is -0.155. The van der Waals surface area contributed by atoms with Crippen molar-refractivity contribution in [1.82, 2.24) is 4.98 Å². The fraction of sp³-hybridized carbons (Fsp3) is 0.500. The van der Waals surface area contributed by atoms with Crippen molar-refractivity contribution in [2.75, 3.05) is 0 Å². The Hall–Kier alpha value is -1.42. The Morgan fingerprint density at radius 2 is 2.19 bits per heavy atom. The Bertz CT molecular complexity index is 344. The first-order chi connectivity index (χ1) is 7.38. The van der Waals surface area contributed by atoms with Gasteiger partial charge in [0, 0.05) is 6.20 Å². The molecule has 0 aromatic carbocycles. The molecule has 1 aromatic rings. The molecule has 0 saturated carbocycles. The smallest absolute Gasteiger partial charge is 0.308 e. The first-order valence-electron chi connectivity index (χ1n) is 5.27. The van der Waals surface area contributed by atoms with Gasteiger partial charge in [-0.1, -0.05) is 6.07 Å². The van der Waals surface area contributed by atoms with Crippen LogP contribution in [0.5, 0.6) is 0 Å². The van der Waals surface area contributed by atoms with Gasteiger partial charge in [-0.3, -0.25) is 9.78 Å². The summed E-state index contributed by atoms with van der Waals surface area (Å²) in [5.41, 5.74) is 6.08. The summed E-state index contributed by atoms with van der Waals surface area (Å²) in [7, 11) is 0. The number of rotatable bonds is 3. The molecule has 0 bridgehead atoms. The molecule has 0 aliphatic heterocycles. The second kappa shape index (κ2) is 5.07. The van der Waals surface area contributed by atoms with Crippen LogP contribution in [0.4, 0.5) is 0 Å². The minimum Gasteiger partial charge on any atom is -0.460 e. The van der Waals surface area contributed by atoms with Crippen LogP contribution < -0.4 is 5.73 Å². The van der Waals surface area contributed by atoms with E-state index in [1.807, 2.05) is 32.9 Å². The molecule has 0 spiro atoms. The molecule has 1 atom stereocenters. The fourth-order valence-electron chi connectivity index (χ4n) is 1.26. The zero-order valence-electron chi connectivity index (χ0n) is 9.93. The maximum absolute atomic E-state index is 11.5. The van der Waals surface area contributed by atoms with Gasteiger partial charge in [0.25, 0.3) is 0 Å². The highest BCUT2D eigenvalue weighted by Crippen LogP contribution is 2.14. The van der Waals surface area contributed by atoms with Crippen LogP contribution in [0.1, 0.15) is 38.9 Å². The summed E-state index contributed by atoms with van der Waals surface area (Å²) in [6.07, 6.45) is 1.80. The van der Waals surface area contributed by atoms with Crippen molar-refractivity contribution in [1.29, 1.82) is 0 Å². The van der Waals surface area contributed by atoms with Gasteiger partial charge in [0.2, 0.25) is 0 Å². The molecule has 88 valence electrons. The molecule has 1 aromatic heterocycles. The minimum atomic E-state index is -0.471. The van der Waals surface area contributed by atoms with Crippen LogP contribution in [0, 0.1) is 0 Å². The van der Waals surface area contributed by atoms with E-state index in [-0.39, 0.29) is 12.4 Å². The molecule has 16 heavy (non-hydrogen) atoms. The van der Waals surface area contributed by atoms with Crippen molar-refractivity contribution >= 4 is 5.97 Å². The van der Waals surface area contributed by atoms with Crippen molar-refractivity contribution in [3.8, 4) is 0 Å². The summed E-state index contributed by atoms with van der Waals surface area (Å²) in [6.45, 7) is 5.49. The number of hydrogen-bond acceptors (Lipinski definition) is 4. The summed E-state index contributed by atoms with van der Waals surface area (Å²) < 4.78 is 5.18. The average Bonchev–Trinajstić information content (AvgIpc) is 2.16. The predicted molar refractivity (Wildman–Crippen MR) is 61.6 cm³/mol. The molecule has 0 amide bonds. The van der Waals surface area contributed by atoms with Gasteiger partial charge < -0.3 is 10.5 Å². The molecule has 4 nitrogen and oxygen atoms in total. The van der Waals surface area contributed by atoms with Gasteiger partial charge in [-0.25, -0.2) is 0 Å². The number of esters is 1. The van der Waals surface area contributed by atoms with Gasteiger partial charge in [-0.15, -0.1) is 0 Å². The van der Waals surface area contributed by atoms with E-state index >= 15 is 0 Å². The van der Waals surface area contributed by atoms with Crippen molar-refractivity contribution in [2.24, 2.45) is 5.73 Å². The van der Waals surface area contributed by atoms with Gasteiger partial charge >= 0.3 is 5.97 Å². The number of nitrogens with zero attached hydrogens (tertiary/aromatic N) is 1. The second-order valence-corrected chi connectivity index (χ2v) is 4.65. The summed E-state index contributed by atoms with van der Waals surface area (Å²) in [5.74, 6) is -0.300. The molecule has 4 heteroatoms. The quantitative estimate of drug-likeness (QED) is 0.792. The molecule has 0 aliphatic carbocycles. The van der Waals surface area contributed by atoms with E-state index in [1.54, 1.807) is 12.3 Å². The SMILES string of the molecule is CC(C)(C)OC(=O)C[C@@H](N)c1ccccn1. The highest BCUT2D eigenvalue weighted by Gasteiger charge is 2.19. The third kappa shape index (κ3) is 4.40. The standard InChI is InChI=1S/C12H18N2O2/c1-12(2,3)16-11(15)8-9(13)10-6-4-5-7-14-10/h4-7,9H,8,13H2,1-3H3/t9-/m1/s1. The van der Waals surface area contributed by atoms with Crippen LogP contribution >= 0.6 is 0 Å². The van der Waals surface area contributed by atoms with E-state index in [0.717, 1.165) is 0 Å². The molecular formula is C12H18N2O2. The monoisotopic (exact) mass is 222 g/mol. The molecule has 0 fully saturated rings. The Morgan fingerprint density at radius 3 is 2.69 bits per heavy atom. The van der Waals surface area contributed by atoms with Gasteiger partial charge in [0.05, 0.1) is 18.2 Å². The third-order valence-electron chi connectivity index (χ3n) is 1.87. The summed E-state index contributed by atoms with van der Waals surface area (Å²) in [4.78, 5) is 15.6. The lowest BCUT2D eigenvalue weighted by atomic mass is 10.1. The Balaban J connectivity index is 2.52. The second-order valence-electron chi connectivity index (χ2n) is 4.65. The predicted octanol–water partition coefficient (Wildman–Crippen LogP) is 1.81. The number of carbonyl (C=O) groups excluding carboxylic acids is 1. The van der Waals surface area contributed by atoms with E-state index in [9.17, 15) is 4.79 Å². The first kappa shape index (κ1) is 12.6. The number of aromatic nitrogens is 1. The van der Waals surface area contributed by atoms with Crippen LogP contribution in [0.25, 0.3) is 0 Å². The molecular weight excluding hydrogens is 204 g/mol. The van der Waals surface area contributed by atoms with Gasteiger partial charge in [-0.2, -0.15) is 0 Å². The van der Waals surface area contributed by atoms with Gasteiger partial charge in [-0.05, 0) is 32.9 Å². The van der Waals surface area contributed by atoms with Crippen LogP contribution in [0.15, 0.2) is 24.4 Å². The fourth-order valence-corrected chi connectivity index (χ4v) is 1.26. The van der Waals surface area contributed by atoms with Crippen LogP contribution in [0.2, 0.25) is 0 Å². The minimum absolute atomic E-state index is 0.147. The van der Waals surface area contributed by atoms with Crippen LogP contribution in [-0.2, 0) is 9.53 Å². The number of pyridine rings is 1. The lowest BCUT2D eigenvalue weighted by Gasteiger charge is -2.20. The number of ether oxygens (including phenoxy) is 1. The average molecular weight is 222 g/mol. The normalized spacial score (nSPS) is 13.2. The first-order valence-corrected chi connectivity index (χ1v) is 5.27. The van der Waals surface area contributed by atoms with Crippen molar-refractivity contribution < 1.29 is 9.53 Å². The van der Waals surface area contributed by atoms with E-state index < -0.39 is 11.6 Å². The highest BCUT2D eigenvalue weighted by molar-refractivity contribution is 5.70. The van der Waals surface area contributed by atoms with E-state index in [2.05, 4.69) is 4.98 Å². The highest BCUT2D eigenvalue weighted by atomic mass is 16.6. The maximum Gasteiger partial charge on any atom is 0.308 e. The summed E-state index contributed by atoms with van der Waals surface area (Å²) in [6, 6.07) is 5.05. The van der Waals surface area contributed by atoms with Crippen LogP contribution in [0.3, 0.4) is 0 Å². The largest absolute Gasteiger partial charge is 0.460 e. The lowest BCUT2D eigenvalue weighted by Crippen LogP contribution is -2.26. The number of nitrogens with two attached hydrogens (primary N) is 1.